The van der Waals surface area contributed by atoms with Crippen molar-refractivity contribution in [1.82, 2.24) is 19.5 Å². The quantitative estimate of drug-likeness (QED) is 0.803. The minimum absolute atomic E-state index is 0.445. The van der Waals surface area contributed by atoms with Gasteiger partial charge in [-0.3, -0.25) is 0 Å². The summed E-state index contributed by atoms with van der Waals surface area (Å²) in [4.78, 5) is 13.0. The summed E-state index contributed by atoms with van der Waals surface area (Å²) in [5, 5.41) is 0.445. The molecule has 0 radical (unpaired) electrons. The molecule has 0 amide bonds. The van der Waals surface area contributed by atoms with E-state index in [0.29, 0.717) is 11.0 Å². The van der Waals surface area contributed by atoms with Crippen molar-refractivity contribution in [2.75, 3.05) is 0 Å². The number of halogens is 2. The number of nitrogens with zero attached hydrogens (tertiary/aromatic N) is 4. The first kappa shape index (κ1) is 13.5. The molecule has 0 aromatic carbocycles. The van der Waals surface area contributed by atoms with Gasteiger partial charge in [-0.25, -0.2) is 15.0 Å². The van der Waals surface area contributed by atoms with Crippen LogP contribution in [0, 0.1) is 0 Å². The Hall–Kier alpha value is -0.940. The lowest BCUT2D eigenvalue weighted by atomic mass is 10.3. The zero-order chi connectivity index (χ0) is 13.1. The highest BCUT2D eigenvalue weighted by molar-refractivity contribution is 9.10. The Kier molecular flexibility index (Phi) is 4.35. The SMILES string of the molecule is CCCn1cncc1-c1nc(Cl)c(Br)c(CC)n1. The Labute approximate surface area is 120 Å². The molecule has 0 N–H and O–H groups in total. The number of imidazole rings is 1. The molecule has 0 bridgehead atoms. The predicted molar refractivity (Wildman–Crippen MR) is 75.6 cm³/mol. The first-order valence-corrected chi connectivity index (χ1v) is 7.06. The van der Waals surface area contributed by atoms with E-state index in [1.54, 1.807) is 12.5 Å². The van der Waals surface area contributed by atoms with Crippen molar-refractivity contribution in [2.45, 2.75) is 33.2 Å². The van der Waals surface area contributed by atoms with Crippen LogP contribution < -0.4 is 0 Å². The molecule has 2 rings (SSSR count). The summed E-state index contributed by atoms with van der Waals surface area (Å²) < 4.78 is 2.82. The second kappa shape index (κ2) is 5.80. The van der Waals surface area contributed by atoms with Crippen molar-refractivity contribution < 1.29 is 0 Å². The van der Waals surface area contributed by atoms with Crippen LogP contribution in [-0.2, 0) is 13.0 Å². The number of aryl methyl sites for hydroxylation is 2. The lowest BCUT2D eigenvalue weighted by molar-refractivity contribution is 0.681. The van der Waals surface area contributed by atoms with Gasteiger partial charge in [-0.2, -0.15) is 0 Å². The third-order valence-electron chi connectivity index (χ3n) is 2.62. The van der Waals surface area contributed by atoms with Crippen LogP contribution >= 0.6 is 27.5 Å². The third-order valence-corrected chi connectivity index (χ3v) is 3.96. The predicted octanol–water partition coefficient (Wildman–Crippen LogP) is 3.73. The van der Waals surface area contributed by atoms with E-state index in [9.17, 15) is 0 Å². The number of aromatic nitrogens is 4. The number of rotatable bonds is 4. The van der Waals surface area contributed by atoms with Gasteiger partial charge in [0.05, 0.1) is 22.7 Å². The minimum atomic E-state index is 0.445. The van der Waals surface area contributed by atoms with Crippen molar-refractivity contribution in [1.29, 1.82) is 0 Å². The second-order valence-electron chi connectivity index (χ2n) is 3.92. The molecular formula is C12H14BrClN4. The van der Waals surface area contributed by atoms with Crippen LogP contribution in [0.25, 0.3) is 11.5 Å². The van der Waals surface area contributed by atoms with E-state index in [1.165, 1.54) is 0 Å². The topological polar surface area (TPSA) is 43.6 Å². The summed E-state index contributed by atoms with van der Waals surface area (Å²) in [7, 11) is 0. The van der Waals surface area contributed by atoms with Crippen LogP contribution in [0.3, 0.4) is 0 Å². The van der Waals surface area contributed by atoms with Gasteiger partial charge >= 0.3 is 0 Å². The van der Waals surface area contributed by atoms with Crippen LogP contribution in [0.2, 0.25) is 5.15 Å². The molecular weight excluding hydrogens is 316 g/mol. The second-order valence-corrected chi connectivity index (χ2v) is 5.08. The number of hydrogen-bond acceptors (Lipinski definition) is 3. The molecule has 0 saturated carbocycles. The molecule has 4 nitrogen and oxygen atoms in total. The van der Waals surface area contributed by atoms with Crippen molar-refractivity contribution in [3.05, 3.63) is 27.8 Å². The molecule has 0 aliphatic rings. The average molecular weight is 330 g/mol. The van der Waals surface area contributed by atoms with Crippen LogP contribution in [0.5, 0.6) is 0 Å². The number of hydrogen-bond donors (Lipinski definition) is 0. The summed E-state index contributed by atoms with van der Waals surface area (Å²) in [6.45, 7) is 5.06. The van der Waals surface area contributed by atoms with Gasteiger partial charge in [0.25, 0.3) is 0 Å². The summed E-state index contributed by atoms with van der Waals surface area (Å²) in [5.74, 6) is 0.631. The lowest BCUT2D eigenvalue weighted by Gasteiger charge is -2.08. The van der Waals surface area contributed by atoms with E-state index < -0.39 is 0 Å². The van der Waals surface area contributed by atoms with Crippen molar-refractivity contribution in [3.63, 3.8) is 0 Å². The molecule has 0 aliphatic heterocycles. The maximum absolute atomic E-state index is 6.12. The van der Waals surface area contributed by atoms with E-state index >= 15 is 0 Å². The average Bonchev–Trinajstić information content (AvgIpc) is 2.81. The lowest BCUT2D eigenvalue weighted by Crippen LogP contribution is -2.03. The molecule has 0 spiro atoms. The van der Waals surface area contributed by atoms with E-state index in [1.807, 2.05) is 11.5 Å². The molecule has 0 fully saturated rings. The molecule has 0 unspecified atom stereocenters. The highest BCUT2D eigenvalue weighted by Gasteiger charge is 2.13. The zero-order valence-electron chi connectivity index (χ0n) is 10.3. The van der Waals surface area contributed by atoms with Crippen molar-refractivity contribution >= 4 is 27.5 Å². The fourth-order valence-corrected chi connectivity index (χ4v) is 2.38. The van der Waals surface area contributed by atoms with Gasteiger partial charge in [0, 0.05) is 6.54 Å². The van der Waals surface area contributed by atoms with Gasteiger partial charge in [-0.05, 0) is 28.8 Å². The van der Waals surface area contributed by atoms with Crippen LogP contribution in [0.15, 0.2) is 17.0 Å². The Morgan fingerprint density at radius 1 is 1.33 bits per heavy atom. The normalized spacial score (nSPS) is 10.9. The molecule has 0 aliphatic carbocycles. The molecule has 2 heterocycles. The molecule has 96 valence electrons. The van der Waals surface area contributed by atoms with E-state index in [2.05, 4.69) is 37.8 Å². The fourth-order valence-electron chi connectivity index (χ4n) is 1.74. The molecule has 2 aromatic rings. The minimum Gasteiger partial charge on any atom is -0.328 e. The molecule has 6 heteroatoms. The molecule has 0 saturated heterocycles. The Morgan fingerprint density at radius 3 is 2.78 bits per heavy atom. The van der Waals surface area contributed by atoms with Gasteiger partial charge in [0.15, 0.2) is 5.82 Å². The van der Waals surface area contributed by atoms with Crippen LogP contribution in [-0.4, -0.2) is 19.5 Å². The molecule has 2 aromatic heterocycles. The first-order chi connectivity index (χ1) is 8.67. The monoisotopic (exact) mass is 328 g/mol. The van der Waals surface area contributed by atoms with Gasteiger partial charge in [-0.1, -0.05) is 25.4 Å². The van der Waals surface area contributed by atoms with Gasteiger partial charge < -0.3 is 4.57 Å². The van der Waals surface area contributed by atoms with Gasteiger partial charge in [0.2, 0.25) is 0 Å². The van der Waals surface area contributed by atoms with E-state index in [-0.39, 0.29) is 0 Å². The maximum atomic E-state index is 6.12. The summed E-state index contributed by atoms with van der Waals surface area (Å²) >= 11 is 9.52. The molecule has 0 atom stereocenters. The smallest absolute Gasteiger partial charge is 0.179 e. The maximum Gasteiger partial charge on any atom is 0.179 e. The van der Waals surface area contributed by atoms with Gasteiger partial charge in [-0.15, -0.1) is 0 Å². The summed E-state index contributed by atoms with van der Waals surface area (Å²) in [6, 6.07) is 0. The highest BCUT2D eigenvalue weighted by Crippen LogP contribution is 2.27. The summed E-state index contributed by atoms with van der Waals surface area (Å²) in [5.41, 5.74) is 1.81. The Bertz CT molecular complexity index is 553. The van der Waals surface area contributed by atoms with Crippen molar-refractivity contribution in [2.24, 2.45) is 0 Å². The van der Waals surface area contributed by atoms with Crippen LogP contribution in [0.4, 0.5) is 0 Å². The zero-order valence-corrected chi connectivity index (χ0v) is 12.7. The van der Waals surface area contributed by atoms with E-state index in [0.717, 1.165) is 35.2 Å². The van der Waals surface area contributed by atoms with Crippen molar-refractivity contribution in [3.8, 4) is 11.5 Å². The van der Waals surface area contributed by atoms with E-state index in [4.69, 9.17) is 11.6 Å². The molecule has 18 heavy (non-hydrogen) atoms. The Balaban J connectivity index is 2.50. The largest absolute Gasteiger partial charge is 0.328 e. The first-order valence-electron chi connectivity index (χ1n) is 5.89. The van der Waals surface area contributed by atoms with Crippen LogP contribution in [0.1, 0.15) is 26.0 Å². The fraction of sp³-hybridized carbons (Fsp3) is 0.417. The summed E-state index contributed by atoms with van der Waals surface area (Å²) in [6.07, 6.45) is 5.41. The highest BCUT2D eigenvalue weighted by atomic mass is 79.9. The standard InChI is InChI=1S/C12H14BrClN4/c1-3-5-18-7-15-6-9(18)12-16-8(4-2)10(13)11(14)17-12/h6-7H,3-5H2,1-2H3. The van der Waals surface area contributed by atoms with Gasteiger partial charge in [0.1, 0.15) is 10.8 Å². The Morgan fingerprint density at radius 2 is 2.11 bits per heavy atom. The third kappa shape index (κ3) is 2.57.